The number of amides is 2. The molecule has 0 aliphatic rings. The molecule has 0 unspecified atom stereocenters. The molecule has 0 saturated carbocycles. The summed E-state index contributed by atoms with van der Waals surface area (Å²) in [5.74, 6) is -1.10. The van der Waals surface area contributed by atoms with Crippen molar-refractivity contribution in [2.45, 2.75) is 19.4 Å². The van der Waals surface area contributed by atoms with Crippen molar-refractivity contribution in [3.05, 3.63) is 30.4 Å². The second-order valence-electron chi connectivity index (χ2n) is 3.96. The van der Waals surface area contributed by atoms with Crippen LogP contribution < -0.4 is 10.6 Å². The molecule has 0 saturated heterocycles. The number of carboxylic acid groups (broad SMARTS) is 1. The maximum Gasteiger partial charge on any atom is 0.326 e. The van der Waals surface area contributed by atoms with Crippen LogP contribution in [0.5, 0.6) is 0 Å². The molecule has 0 aromatic carbocycles. The number of carboxylic acids is 1. The normalized spacial score (nSPS) is 11.6. The van der Waals surface area contributed by atoms with Crippen molar-refractivity contribution in [2.75, 3.05) is 6.54 Å². The van der Waals surface area contributed by atoms with Crippen LogP contribution in [0.15, 0.2) is 24.7 Å². The highest BCUT2D eigenvalue weighted by molar-refractivity contribution is 5.82. The number of imidazole rings is 1. The van der Waals surface area contributed by atoms with Gasteiger partial charge in [-0.2, -0.15) is 0 Å². The third-order valence-corrected chi connectivity index (χ3v) is 2.13. The molecule has 0 spiro atoms. The van der Waals surface area contributed by atoms with E-state index in [0.717, 1.165) is 5.57 Å². The van der Waals surface area contributed by atoms with Crippen molar-refractivity contribution in [1.29, 1.82) is 0 Å². The van der Waals surface area contributed by atoms with Crippen LogP contribution in [0.4, 0.5) is 4.79 Å². The average Bonchev–Trinajstić information content (AvgIpc) is 2.78. The summed E-state index contributed by atoms with van der Waals surface area (Å²) in [5.41, 5.74) is 1.42. The lowest BCUT2D eigenvalue weighted by Crippen LogP contribution is -2.47. The Morgan fingerprint density at radius 3 is 2.83 bits per heavy atom. The van der Waals surface area contributed by atoms with E-state index in [0.29, 0.717) is 12.2 Å². The molecule has 1 aromatic rings. The molecule has 0 radical (unpaired) electrons. The number of aromatic amines is 1. The average molecular weight is 252 g/mol. The van der Waals surface area contributed by atoms with Gasteiger partial charge in [-0.1, -0.05) is 12.2 Å². The summed E-state index contributed by atoms with van der Waals surface area (Å²) in [6, 6.07) is -1.54. The molecule has 0 aliphatic carbocycles. The van der Waals surface area contributed by atoms with Crippen molar-refractivity contribution in [3.8, 4) is 0 Å². The maximum atomic E-state index is 11.4. The zero-order valence-corrected chi connectivity index (χ0v) is 10.1. The Bertz CT molecular complexity index is 428. The third-order valence-electron chi connectivity index (χ3n) is 2.13. The summed E-state index contributed by atoms with van der Waals surface area (Å²) >= 11 is 0. The zero-order valence-electron chi connectivity index (χ0n) is 10.1. The number of hydrogen-bond donors (Lipinski definition) is 4. The van der Waals surface area contributed by atoms with E-state index < -0.39 is 18.0 Å². The molecular formula is C11H16N4O3. The molecule has 0 aliphatic heterocycles. The molecule has 7 heteroatoms. The Kier molecular flexibility index (Phi) is 4.91. The quantitative estimate of drug-likeness (QED) is 0.545. The van der Waals surface area contributed by atoms with Gasteiger partial charge in [-0.05, 0) is 6.92 Å². The maximum absolute atomic E-state index is 11.4. The molecule has 7 nitrogen and oxygen atoms in total. The van der Waals surface area contributed by atoms with Crippen LogP contribution >= 0.6 is 0 Å². The first kappa shape index (κ1) is 13.8. The summed E-state index contributed by atoms with van der Waals surface area (Å²) in [6.07, 6.45) is 3.12. The molecule has 2 amide bonds. The van der Waals surface area contributed by atoms with Gasteiger partial charge in [-0.25, -0.2) is 14.6 Å². The highest BCUT2D eigenvalue weighted by Crippen LogP contribution is 1.98. The fourth-order valence-corrected chi connectivity index (χ4v) is 1.26. The van der Waals surface area contributed by atoms with Gasteiger partial charge < -0.3 is 20.7 Å². The van der Waals surface area contributed by atoms with E-state index in [1.54, 1.807) is 6.92 Å². The van der Waals surface area contributed by atoms with E-state index in [-0.39, 0.29) is 6.42 Å². The van der Waals surface area contributed by atoms with Crippen LogP contribution in [0, 0.1) is 0 Å². The van der Waals surface area contributed by atoms with Gasteiger partial charge in [0.1, 0.15) is 6.04 Å². The number of carbonyl (C=O) groups excluding carboxylic acids is 1. The van der Waals surface area contributed by atoms with Crippen molar-refractivity contribution in [2.24, 2.45) is 0 Å². The molecule has 1 rings (SSSR count). The number of H-pyrrole nitrogens is 1. The van der Waals surface area contributed by atoms with Crippen LogP contribution in [-0.4, -0.2) is 39.7 Å². The number of aliphatic carboxylic acids is 1. The van der Waals surface area contributed by atoms with E-state index >= 15 is 0 Å². The summed E-state index contributed by atoms with van der Waals surface area (Å²) in [7, 11) is 0. The molecule has 0 bridgehead atoms. The van der Waals surface area contributed by atoms with Gasteiger partial charge in [-0.3, -0.25) is 0 Å². The Balaban J connectivity index is 2.50. The van der Waals surface area contributed by atoms with Crippen LogP contribution in [0.25, 0.3) is 0 Å². The molecule has 4 N–H and O–H groups in total. The predicted octanol–water partition coefficient (Wildman–Crippen LogP) is 0.281. The largest absolute Gasteiger partial charge is 0.480 e. The first-order valence-corrected chi connectivity index (χ1v) is 5.38. The Morgan fingerprint density at radius 2 is 2.33 bits per heavy atom. The van der Waals surface area contributed by atoms with Gasteiger partial charge >= 0.3 is 12.0 Å². The summed E-state index contributed by atoms with van der Waals surface area (Å²) in [5, 5.41) is 13.9. The van der Waals surface area contributed by atoms with Gasteiger partial charge in [0.25, 0.3) is 0 Å². The van der Waals surface area contributed by atoms with Crippen molar-refractivity contribution < 1.29 is 14.7 Å². The SMILES string of the molecule is C=C(C)CNC(=O)N[C@H](Cc1cnc[nH]1)C(=O)O. The second kappa shape index (κ2) is 6.43. The van der Waals surface area contributed by atoms with Crippen molar-refractivity contribution in [1.82, 2.24) is 20.6 Å². The van der Waals surface area contributed by atoms with Crippen LogP contribution in [0.2, 0.25) is 0 Å². The van der Waals surface area contributed by atoms with E-state index in [1.165, 1.54) is 12.5 Å². The first-order valence-electron chi connectivity index (χ1n) is 5.38. The highest BCUT2D eigenvalue weighted by Gasteiger charge is 2.20. The van der Waals surface area contributed by atoms with Gasteiger partial charge in [0.05, 0.1) is 6.33 Å². The number of aromatic nitrogens is 2. The van der Waals surface area contributed by atoms with Crippen molar-refractivity contribution in [3.63, 3.8) is 0 Å². The lowest BCUT2D eigenvalue weighted by molar-refractivity contribution is -0.139. The zero-order chi connectivity index (χ0) is 13.5. The predicted molar refractivity (Wildman–Crippen MR) is 65.1 cm³/mol. The minimum absolute atomic E-state index is 0.149. The molecule has 0 fully saturated rings. The number of rotatable bonds is 6. The first-order chi connectivity index (χ1) is 8.49. The van der Waals surface area contributed by atoms with Gasteiger partial charge in [0.15, 0.2) is 0 Å². The highest BCUT2D eigenvalue weighted by atomic mass is 16.4. The molecule has 1 atom stereocenters. The minimum atomic E-state index is -1.10. The van der Waals surface area contributed by atoms with E-state index in [9.17, 15) is 9.59 Å². The molecule has 98 valence electrons. The standard InChI is InChI=1S/C11H16N4O3/c1-7(2)4-13-11(18)15-9(10(16)17)3-8-5-12-6-14-8/h5-6,9H,1,3-4H2,2H3,(H,12,14)(H,16,17)(H2,13,15,18)/t9-/m1/s1. The number of nitrogens with one attached hydrogen (secondary N) is 3. The molecule has 18 heavy (non-hydrogen) atoms. The van der Waals surface area contributed by atoms with E-state index in [2.05, 4.69) is 27.2 Å². The fraction of sp³-hybridized carbons (Fsp3) is 0.364. The van der Waals surface area contributed by atoms with E-state index in [4.69, 9.17) is 5.11 Å². The van der Waals surface area contributed by atoms with Crippen LogP contribution in [-0.2, 0) is 11.2 Å². The topological polar surface area (TPSA) is 107 Å². The van der Waals surface area contributed by atoms with Gasteiger partial charge in [0.2, 0.25) is 0 Å². The third kappa shape index (κ3) is 4.69. The molecule has 1 heterocycles. The van der Waals surface area contributed by atoms with Crippen LogP contribution in [0.1, 0.15) is 12.6 Å². The van der Waals surface area contributed by atoms with Gasteiger partial charge in [-0.15, -0.1) is 0 Å². The Labute approximate surface area is 104 Å². The lowest BCUT2D eigenvalue weighted by atomic mass is 10.2. The summed E-state index contributed by atoms with van der Waals surface area (Å²) in [6.45, 7) is 5.70. The van der Waals surface area contributed by atoms with Crippen LogP contribution in [0.3, 0.4) is 0 Å². The number of nitrogens with zero attached hydrogens (tertiary/aromatic N) is 1. The second-order valence-corrected chi connectivity index (χ2v) is 3.96. The number of hydrogen-bond acceptors (Lipinski definition) is 3. The molecular weight excluding hydrogens is 236 g/mol. The van der Waals surface area contributed by atoms with Gasteiger partial charge in [0, 0.05) is 24.9 Å². The number of urea groups is 1. The minimum Gasteiger partial charge on any atom is -0.480 e. The summed E-state index contributed by atoms with van der Waals surface area (Å²) < 4.78 is 0. The lowest BCUT2D eigenvalue weighted by Gasteiger charge is -2.14. The summed E-state index contributed by atoms with van der Waals surface area (Å²) in [4.78, 5) is 29.0. The molecule has 1 aromatic heterocycles. The Morgan fingerprint density at radius 1 is 1.61 bits per heavy atom. The fourth-order valence-electron chi connectivity index (χ4n) is 1.26. The number of carbonyl (C=O) groups is 2. The van der Waals surface area contributed by atoms with E-state index in [1.807, 2.05) is 0 Å². The monoisotopic (exact) mass is 252 g/mol. The van der Waals surface area contributed by atoms with Crippen molar-refractivity contribution >= 4 is 12.0 Å². The Hall–Kier alpha value is -2.31. The smallest absolute Gasteiger partial charge is 0.326 e.